The van der Waals surface area contributed by atoms with Crippen molar-refractivity contribution in [2.75, 3.05) is 0 Å². The summed E-state index contributed by atoms with van der Waals surface area (Å²) in [7, 11) is 0. The van der Waals surface area contributed by atoms with E-state index in [4.69, 9.17) is 27.9 Å². The SMILES string of the molecule is CC(Oc1ccc(Cl)cc1Cl)C(=O)NN=Cc1c2ccccc2cc2ccccc12. The Bertz CT molecular complexity index is 1220. The molecule has 1 unspecified atom stereocenters. The smallest absolute Gasteiger partial charge is 0.280 e. The molecule has 1 N–H and O–H groups in total. The molecule has 0 aliphatic carbocycles. The van der Waals surface area contributed by atoms with Crippen molar-refractivity contribution in [1.29, 1.82) is 0 Å². The average Bonchev–Trinajstić information content (AvgIpc) is 2.75. The molecule has 30 heavy (non-hydrogen) atoms. The topological polar surface area (TPSA) is 50.7 Å². The lowest BCUT2D eigenvalue weighted by Gasteiger charge is -2.14. The standard InChI is InChI=1S/C24H18Cl2N2O2/c1-15(30-23-11-10-18(25)13-22(23)26)24(29)28-27-14-21-19-8-4-2-6-16(19)12-17-7-3-5-9-20(17)21/h2-15H,1H3,(H,28,29). The van der Waals surface area contributed by atoms with Crippen molar-refractivity contribution in [3.8, 4) is 5.75 Å². The second kappa shape index (κ2) is 8.74. The van der Waals surface area contributed by atoms with E-state index in [2.05, 4.69) is 28.7 Å². The molecule has 0 spiro atoms. The van der Waals surface area contributed by atoms with Crippen LogP contribution in [0.4, 0.5) is 0 Å². The van der Waals surface area contributed by atoms with Gasteiger partial charge in [-0.2, -0.15) is 5.10 Å². The van der Waals surface area contributed by atoms with Crippen molar-refractivity contribution < 1.29 is 9.53 Å². The van der Waals surface area contributed by atoms with Gasteiger partial charge in [0.1, 0.15) is 5.75 Å². The Morgan fingerprint density at radius 2 is 1.60 bits per heavy atom. The number of nitrogens with one attached hydrogen (secondary N) is 1. The second-order valence-electron chi connectivity index (χ2n) is 6.80. The van der Waals surface area contributed by atoms with Crippen LogP contribution < -0.4 is 10.2 Å². The highest BCUT2D eigenvalue weighted by atomic mass is 35.5. The van der Waals surface area contributed by atoms with Gasteiger partial charge in [0.15, 0.2) is 6.10 Å². The lowest BCUT2D eigenvalue weighted by atomic mass is 9.97. The van der Waals surface area contributed by atoms with Crippen LogP contribution in [0.2, 0.25) is 10.0 Å². The van der Waals surface area contributed by atoms with Crippen LogP contribution in [-0.4, -0.2) is 18.2 Å². The fraction of sp³-hybridized carbons (Fsp3) is 0.0833. The summed E-state index contributed by atoms with van der Waals surface area (Å²) in [5, 5.41) is 9.36. The van der Waals surface area contributed by atoms with E-state index >= 15 is 0 Å². The van der Waals surface area contributed by atoms with Gasteiger partial charge in [-0.05, 0) is 52.7 Å². The summed E-state index contributed by atoms with van der Waals surface area (Å²) in [6, 6.07) is 23.2. The van der Waals surface area contributed by atoms with Crippen LogP contribution in [0.15, 0.2) is 77.9 Å². The molecule has 0 radical (unpaired) electrons. The van der Waals surface area contributed by atoms with Crippen LogP contribution in [0.3, 0.4) is 0 Å². The van der Waals surface area contributed by atoms with E-state index in [9.17, 15) is 4.79 Å². The molecule has 1 atom stereocenters. The number of hydrogen-bond acceptors (Lipinski definition) is 3. The summed E-state index contributed by atoms with van der Waals surface area (Å²) in [5.41, 5.74) is 3.49. The van der Waals surface area contributed by atoms with E-state index in [0.29, 0.717) is 15.8 Å². The first-order valence-corrected chi connectivity index (χ1v) is 10.1. The predicted molar refractivity (Wildman–Crippen MR) is 124 cm³/mol. The first-order valence-electron chi connectivity index (χ1n) is 9.38. The summed E-state index contributed by atoms with van der Waals surface area (Å²) in [6.07, 6.45) is 0.884. The molecule has 0 aliphatic rings. The van der Waals surface area contributed by atoms with Gasteiger partial charge in [-0.3, -0.25) is 4.79 Å². The van der Waals surface area contributed by atoms with E-state index < -0.39 is 6.10 Å². The Morgan fingerprint density at radius 1 is 0.967 bits per heavy atom. The molecule has 0 bridgehead atoms. The fourth-order valence-corrected chi connectivity index (χ4v) is 3.71. The summed E-state index contributed by atoms with van der Waals surface area (Å²) < 4.78 is 5.63. The lowest BCUT2D eigenvalue weighted by molar-refractivity contribution is -0.127. The van der Waals surface area contributed by atoms with Crippen LogP contribution in [0.25, 0.3) is 21.5 Å². The minimum absolute atomic E-state index is 0.341. The number of fused-ring (bicyclic) bond motifs is 2. The number of amides is 1. The van der Waals surface area contributed by atoms with E-state index in [-0.39, 0.29) is 5.91 Å². The second-order valence-corrected chi connectivity index (χ2v) is 7.65. The summed E-state index contributed by atoms with van der Waals surface area (Å²) in [4.78, 5) is 12.4. The quantitative estimate of drug-likeness (QED) is 0.229. The largest absolute Gasteiger partial charge is 0.479 e. The van der Waals surface area contributed by atoms with Crippen molar-refractivity contribution >= 4 is 56.9 Å². The monoisotopic (exact) mass is 436 g/mol. The molecule has 4 aromatic carbocycles. The molecule has 0 heterocycles. The van der Waals surface area contributed by atoms with Crippen molar-refractivity contribution in [2.45, 2.75) is 13.0 Å². The van der Waals surface area contributed by atoms with Crippen LogP contribution in [0.1, 0.15) is 12.5 Å². The number of ether oxygens (including phenoxy) is 1. The van der Waals surface area contributed by atoms with E-state index in [1.54, 1.807) is 31.3 Å². The van der Waals surface area contributed by atoms with Gasteiger partial charge >= 0.3 is 0 Å². The minimum Gasteiger partial charge on any atom is -0.479 e. The molecule has 6 heteroatoms. The van der Waals surface area contributed by atoms with Crippen LogP contribution >= 0.6 is 23.2 Å². The molecular weight excluding hydrogens is 419 g/mol. The number of benzene rings is 4. The number of carbonyl (C=O) groups is 1. The average molecular weight is 437 g/mol. The summed E-state index contributed by atoms with van der Waals surface area (Å²) in [5.74, 6) is -0.00504. The molecule has 4 rings (SSSR count). The number of hydrazone groups is 1. The predicted octanol–water partition coefficient (Wildman–Crippen LogP) is 6.22. The van der Waals surface area contributed by atoms with Gasteiger partial charge < -0.3 is 4.74 Å². The molecule has 1 amide bonds. The summed E-state index contributed by atoms with van der Waals surface area (Å²) >= 11 is 12.0. The highest BCUT2D eigenvalue weighted by Gasteiger charge is 2.16. The molecule has 0 aromatic heterocycles. The van der Waals surface area contributed by atoms with Gasteiger partial charge in [-0.15, -0.1) is 0 Å². The molecule has 4 aromatic rings. The maximum absolute atomic E-state index is 12.4. The number of rotatable bonds is 5. The zero-order valence-corrected chi connectivity index (χ0v) is 17.6. The Hall–Kier alpha value is -3.08. The van der Waals surface area contributed by atoms with Crippen molar-refractivity contribution in [2.24, 2.45) is 5.10 Å². The fourth-order valence-electron chi connectivity index (χ4n) is 3.25. The Balaban J connectivity index is 1.55. The Labute approximate surface area is 184 Å². The molecule has 0 fully saturated rings. The first-order chi connectivity index (χ1) is 14.5. The number of halogens is 2. The van der Waals surface area contributed by atoms with Crippen molar-refractivity contribution in [3.63, 3.8) is 0 Å². The minimum atomic E-state index is -0.787. The third-order valence-electron chi connectivity index (χ3n) is 4.75. The van der Waals surface area contributed by atoms with Crippen LogP contribution in [-0.2, 0) is 4.79 Å². The van der Waals surface area contributed by atoms with E-state index in [1.165, 1.54) is 0 Å². The molecule has 4 nitrogen and oxygen atoms in total. The lowest BCUT2D eigenvalue weighted by Crippen LogP contribution is -2.33. The normalized spacial score (nSPS) is 12.4. The van der Waals surface area contributed by atoms with Gasteiger partial charge in [-0.25, -0.2) is 5.43 Å². The molecule has 0 saturated carbocycles. The van der Waals surface area contributed by atoms with Crippen molar-refractivity contribution in [3.05, 3.63) is 88.4 Å². The van der Waals surface area contributed by atoms with Gasteiger partial charge in [0, 0.05) is 10.6 Å². The number of nitrogens with zero attached hydrogens (tertiary/aromatic N) is 1. The number of carbonyl (C=O) groups excluding carboxylic acids is 1. The van der Waals surface area contributed by atoms with Gasteiger partial charge in [0.25, 0.3) is 5.91 Å². The third-order valence-corrected chi connectivity index (χ3v) is 5.28. The highest BCUT2D eigenvalue weighted by Crippen LogP contribution is 2.29. The maximum Gasteiger partial charge on any atom is 0.280 e. The molecule has 150 valence electrons. The zero-order chi connectivity index (χ0) is 21.1. The zero-order valence-electron chi connectivity index (χ0n) is 16.1. The molecule has 0 saturated heterocycles. The third kappa shape index (κ3) is 4.25. The summed E-state index contributed by atoms with van der Waals surface area (Å²) in [6.45, 7) is 1.63. The van der Waals surface area contributed by atoms with Gasteiger partial charge in [0.05, 0.1) is 11.2 Å². The van der Waals surface area contributed by atoms with E-state index in [0.717, 1.165) is 27.1 Å². The Kier molecular flexibility index (Phi) is 5.88. The van der Waals surface area contributed by atoms with Crippen LogP contribution in [0, 0.1) is 0 Å². The van der Waals surface area contributed by atoms with Crippen molar-refractivity contribution in [1.82, 2.24) is 5.43 Å². The van der Waals surface area contributed by atoms with E-state index in [1.807, 2.05) is 36.4 Å². The van der Waals surface area contributed by atoms with Gasteiger partial charge in [-0.1, -0.05) is 71.7 Å². The molecule has 0 aliphatic heterocycles. The van der Waals surface area contributed by atoms with Gasteiger partial charge in [0.2, 0.25) is 0 Å². The highest BCUT2D eigenvalue weighted by molar-refractivity contribution is 6.35. The molecular formula is C24H18Cl2N2O2. The number of hydrogen-bond donors (Lipinski definition) is 1. The maximum atomic E-state index is 12.4. The Morgan fingerprint density at radius 3 is 2.23 bits per heavy atom. The van der Waals surface area contributed by atoms with Crippen LogP contribution in [0.5, 0.6) is 5.75 Å². The first kappa shape index (κ1) is 20.2.